The van der Waals surface area contributed by atoms with Crippen molar-refractivity contribution in [2.45, 2.75) is 12.0 Å². The van der Waals surface area contributed by atoms with Crippen LogP contribution >= 0.6 is 12.6 Å². The SMILES string of the molecule is O=C(O)CNC(=O)C(CS)NC(=O)OCC1c2ccccc2-c2ccccc21. The number of carbonyl (C=O) groups is 3. The molecule has 0 spiro atoms. The number of carbonyl (C=O) groups excluding carboxylic acids is 2. The van der Waals surface area contributed by atoms with Gasteiger partial charge in [-0.3, -0.25) is 9.59 Å². The van der Waals surface area contributed by atoms with Gasteiger partial charge in [-0.15, -0.1) is 0 Å². The molecule has 0 heterocycles. The van der Waals surface area contributed by atoms with Crippen molar-refractivity contribution in [3.8, 4) is 11.1 Å². The zero-order valence-electron chi connectivity index (χ0n) is 14.9. The first kappa shape index (κ1) is 19.8. The first-order valence-electron chi connectivity index (χ1n) is 8.73. The first-order chi connectivity index (χ1) is 13.5. The van der Waals surface area contributed by atoms with Crippen molar-refractivity contribution in [1.29, 1.82) is 0 Å². The van der Waals surface area contributed by atoms with Crippen LogP contribution < -0.4 is 10.6 Å². The Kier molecular flexibility index (Phi) is 6.20. The number of ether oxygens (including phenoxy) is 1. The molecule has 3 N–H and O–H groups in total. The van der Waals surface area contributed by atoms with E-state index in [0.717, 1.165) is 22.3 Å². The lowest BCUT2D eigenvalue weighted by Gasteiger charge is -2.18. The molecule has 2 amide bonds. The van der Waals surface area contributed by atoms with Crippen molar-refractivity contribution >= 4 is 30.6 Å². The van der Waals surface area contributed by atoms with Crippen LogP contribution in [-0.4, -0.2) is 48.0 Å². The van der Waals surface area contributed by atoms with Gasteiger partial charge in [0.2, 0.25) is 5.91 Å². The number of fused-ring (bicyclic) bond motifs is 3. The second-order valence-corrected chi connectivity index (χ2v) is 6.68. The van der Waals surface area contributed by atoms with Gasteiger partial charge in [-0.1, -0.05) is 48.5 Å². The Morgan fingerprint density at radius 3 is 2.14 bits per heavy atom. The van der Waals surface area contributed by atoms with Gasteiger partial charge in [0.25, 0.3) is 0 Å². The molecule has 2 aromatic rings. The maximum atomic E-state index is 12.2. The lowest BCUT2D eigenvalue weighted by atomic mass is 9.98. The van der Waals surface area contributed by atoms with E-state index in [0.29, 0.717) is 0 Å². The van der Waals surface area contributed by atoms with Gasteiger partial charge >= 0.3 is 12.1 Å². The zero-order chi connectivity index (χ0) is 20.1. The van der Waals surface area contributed by atoms with Crippen molar-refractivity contribution in [2.24, 2.45) is 0 Å². The van der Waals surface area contributed by atoms with Crippen LogP contribution in [0.4, 0.5) is 4.79 Å². The van der Waals surface area contributed by atoms with Crippen LogP contribution in [0.2, 0.25) is 0 Å². The van der Waals surface area contributed by atoms with E-state index in [1.165, 1.54) is 0 Å². The van der Waals surface area contributed by atoms with E-state index in [4.69, 9.17) is 9.84 Å². The molecule has 0 saturated carbocycles. The maximum Gasteiger partial charge on any atom is 0.407 e. The summed E-state index contributed by atoms with van der Waals surface area (Å²) in [6.45, 7) is -0.411. The minimum absolute atomic E-state index is 0.00957. The molecule has 1 atom stereocenters. The molecule has 7 nitrogen and oxygen atoms in total. The van der Waals surface area contributed by atoms with Crippen molar-refractivity contribution in [2.75, 3.05) is 18.9 Å². The summed E-state index contributed by atoms with van der Waals surface area (Å²) in [5.74, 6) is -1.89. The highest BCUT2D eigenvalue weighted by Gasteiger charge is 2.29. The summed E-state index contributed by atoms with van der Waals surface area (Å²) in [4.78, 5) is 34.6. The van der Waals surface area contributed by atoms with E-state index < -0.39 is 30.6 Å². The number of hydrogen-bond acceptors (Lipinski definition) is 5. The number of nitrogens with one attached hydrogen (secondary N) is 2. The Morgan fingerprint density at radius 1 is 1.04 bits per heavy atom. The Balaban J connectivity index is 1.63. The molecule has 0 fully saturated rings. The number of benzene rings is 2. The minimum atomic E-state index is -1.17. The second kappa shape index (κ2) is 8.79. The largest absolute Gasteiger partial charge is 0.480 e. The molecule has 3 rings (SSSR count). The van der Waals surface area contributed by atoms with Crippen LogP contribution in [0.5, 0.6) is 0 Å². The topological polar surface area (TPSA) is 105 Å². The fraction of sp³-hybridized carbons (Fsp3) is 0.250. The third-order valence-electron chi connectivity index (χ3n) is 4.55. The zero-order valence-corrected chi connectivity index (χ0v) is 15.8. The average molecular weight is 400 g/mol. The molecular weight excluding hydrogens is 380 g/mol. The van der Waals surface area contributed by atoms with E-state index in [1.54, 1.807) is 0 Å². The Labute approximate surface area is 167 Å². The monoisotopic (exact) mass is 400 g/mol. The summed E-state index contributed by atoms with van der Waals surface area (Å²) in [5, 5.41) is 13.2. The lowest BCUT2D eigenvalue weighted by Crippen LogP contribution is -2.49. The predicted molar refractivity (Wildman–Crippen MR) is 106 cm³/mol. The van der Waals surface area contributed by atoms with E-state index in [9.17, 15) is 14.4 Å². The van der Waals surface area contributed by atoms with Gasteiger partial charge in [0.1, 0.15) is 19.2 Å². The molecule has 146 valence electrons. The fourth-order valence-electron chi connectivity index (χ4n) is 3.26. The van der Waals surface area contributed by atoms with E-state index in [2.05, 4.69) is 23.3 Å². The summed E-state index contributed by atoms with van der Waals surface area (Å²) in [6, 6.07) is 14.9. The standard InChI is InChI=1S/C20H20N2O5S/c23-18(24)9-21-19(25)17(11-28)22-20(26)27-10-16-14-7-3-1-5-12(14)13-6-2-4-8-15(13)16/h1-8,16-17,28H,9-11H2,(H,21,25)(H,22,26)(H,23,24). The lowest BCUT2D eigenvalue weighted by molar-refractivity contribution is -0.138. The van der Waals surface area contributed by atoms with Crippen LogP contribution in [0.1, 0.15) is 17.0 Å². The van der Waals surface area contributed by atoms with Crippen molar-refractivity contribution in [3.05, 3.63) is 59.7 Å². The van der Waals surface area contributed by atoms with Crippen LogP contribution in [0, 0.1) is 0 Å². The van der Waals surface area contributed by atoms with E-state index in [1.807, 2.05) is 48.5 Å². The predicted octanol–water partition coefficient (Wildman–Crippen LogP) is 2.02. The third-order valence-corrected chi connectivity index (χ3v) is 4.91. The summed E-state index contributed by atoms with van der Waals surface area (Å²) >= 11 is 4.03. The van der Waals surface area contributed by atoms with Crippen LogP contribution in [0.3, 0.4) is 0 Å². The summed E-state index contributed by atoms with van der Waals surface area (Å²) in [6.07, 6.45) is -0.758. The highest BCUT2D eigenvalue weighted by Crippen LogP contribution is 2.44. The van der Waals surface area contributed by atoms with Gasteiger partial charge in [0, 0.05) is 11.7 Å². The minimum Gasteiger partial charge on any atom is -0.480 e. The van der Waals surface area contributed by atoms with Crippen molar-refractivity contribution < 1.29 is 24.2 Å². The molecule has 1 aliphatic rings. The van der Waals surface area contributed by atoms with Gasteiger partial charge in [0.15, 0.2) is 0 Å². The number of amides is 2. The van der Waals surface area contributed by atoms with Gasteiger partial charge in [0.05, 0.1) is 0 Å². The van der Waals surface area contributed by atoms with Crippen LogP contribution in [0.15, 0.2) is 48.5 Å². The molecule has 0 radical (unpaired) electrons. The van der Waals surface area contributed by atoms with Crippen molar-refractivity contribution in [3.63, 3.8) is 0 Å². The second-order valence-electron chi connectivity index (χ2n) is 6.32. The molecule has 1 aliphatic carbocycles. The van der Waals surface area contributed by atoms with Crippen LogP contribution in [0.25, 0.3) is 11.1 Å². The number of carboxylic acids is 1. The van der Waals surface area contributed by atoms with Crippen LogP contribution in [-0.2, 0) is 14.3 Å². The molecule has 0 aliphatic heterocycles. The smallest absolute Gasteiger partial charge is 0.407 e. The number of hydrogen-bond donors (Lipinski definition) is 4. The fourth-order valence-corrected chi connectivity index (χ4v) is 3.52. The number of thiol groups is 1. The Morgan fingerprint density at radius 2 is 1.61 bits per heavy atom. The molecule has 28 heavy (non-hydrogen) atoms. The molecule has 1 unspecified atom stereocenters. The Hall–Kier alpha value is -3.00. The average Bonchev–Trinajstić information content (AvgIpc) is 3.02. The molecule has 8 heteroatoms. The molecule has 0 saturated heterocycles. The number of alkyl carbamates (subject to hydrolysis) is 1. The van der Waals surface area contributed by atoms with Gasteiger partial charge in [-0.05, 0) is 22.3 Å². The summed E-state index contributed by atoms with van der Waals surface area (Å²) in [5.41, 5.74) is 4.41. The Bertz CT molecular complexity index is 856. The summed E-state index contributed by atoms with van der Waals surface area (Å²) < 4.78 is 5.37. The first-order valence-corrected chi connectivity index (χ1v) is 9.36. The van der Waals surface area contributed by atoms with E-state index >= 15 is 0 Å². The normalized spacial score (nSPS) is 13.2. The highest BCUT2D eigenvalue weighted by molar-refractivity contribution is 7.80. The quantitative estimate of drug-likeness (QED) is 0.533. The maximum absolute atomic E-state index is 12.2. The number of rotatable bonds is 7. The van der Waals surface area contributed by atoms with Crippen molar-refractivity contribution in [1.82, 2.24) is 10.6 Å². The van der Waals surface area contributed by atoms with Gasteiger partial charge in [-0.2, -0.15) is 12.6 Å². The van der Waals surface area contributed by atoms with E-state index in [-0.39, 0.29) is 18.3 Å². The van der Waals surface area contributed by atoms with Gasteiger partial charge in [-0.25, -0.2) is 4.79 Å². The highest BCUT2D eigenvalue weighted by atomic mass is 32.1. The van der Waals surface area contributed by atoms with Gasteiger partial charge < -0.3 is 20.5 Å². The molecule has 0 aromatic heterocycles. The number of carboxylic acid groups (broad SMARTS) is 1. The molecular formula is C20H20N2O5S. The molecule has 2 aromatic carbocycles. The summed E-state index contributed by atoms with van der Waals surface area (Å²) in [7, 11) is 0. The third kappa shape index (κ3) is 4.28. The molecule has 0 bridgehead atoms. The number of aliphatic carboxylic acids is 1.